The predicted molar refractivity (Wildman–Crippen MR) is 123 cm³/mol. The van der Waals surface area contributed by atoms with E-state index in [1.54, 1.807) is 4.52 Å². The minimum atomic E-state index is -0.255. The maximum atomic E-state index is 12.5. The Kier molecular flexibility index (Phi) is 5.56. The number of thiocarbonyl (C=S) groups is 1. The number of aromatic nitrogens is 4. The lowest BCUT2D eigenvalue weighted by molar-refractivity contribution is 0.0977. The molecule has 0 aliphatic carbocycles. The van der Waals surface area contributed by atoms with Crippen LogP contribution in [0.3, 0.4) is 0 Å². The van der Waals surface area contributed by atoms with Crippen LogP contribution in [-0.4, -0.2) is 30.8 Å². The van der Waals surface area contributed by atoms with Gasteiger partial charge in [0.15, 0.2) is 10.9 Å². The maximum Gasteiger partial charge on any atom is 0.257 e. The fraction of sp³-hybridized carbons (Fsp3) is 0.190. The molecule has 0 unspecified atom stereocenters. The fourth-order valence-electron chi connectivity index (χ4n) is 2.95. The van der Waals surface area contributed by atoms with Crippen LogP contribution >= 0.6 is 23.6 Å². The first-order valence-electron chi connectivity index (χ1n) is 9.43. The number of nitrogens with zero attached hydrogens (tertiary/aromatic N) is 4. The van der Waals surface area contributed by atoms with Crippen molar-refractivity contribution in [2.75, 3.05) is 5.32 Å². The van der Waals surface area contributed by atoms with Crippen molar-refractivity contribution < 1.29 is 4.79 Å². The Morgan fingerprint density at radius 3 is 2.53 bits per heavy atom. The number of aryl methyl sites for hydroxylation is 1. The third-order valence-corrected chi connectivity index (χ3v) is 5.76. The van der Waals surface area contributed by atoms with Crippen LogP contribution in [-0.2, 0) is 0 Å². The standard InChI is InChI=1S/C21H20N6OS2/c1-12(2)14-8-10-15(11-9-14)18(28)23-20(29)22-17-7-5-4-6-16(17)19-26-27-13(3)24-25-21(27)30-19/h4-12H,1-3H3,(H2,22,23,28,29). The summed E-state index contributed by atoms with van der Waals surface area (Å²) in [5.74, 6) is 0.883. The number of hydrogen-bond donors (Lipinski definition) is 2. The van der Waals surface area contributed by atoms with Crippen molar-refractivity contribution in [2.24, 2.45) is 0 Å². The molecule has 9 heteroatoms. The molecule has 2 heterocycles. The molecule has 2 aromatic heterocycles. The first kappa shape index (κ1) is 20.1. The van der Waals surface area contributed by atoms with Gasteiger partial charge in [-0.25, -0.2) is 0 Å². The summed E-state index contributed by atoms with van der Waals surface area (Å²) >= 11 is 6.80. The van der Waals surface area contributed by atoms with Crippen molar-refractivity contribution in [3.8, 4) is 10.6 Å². The molecule has 0 aliphatic heterocycles. The minimum Gasteiger partial charge on any atom is -0.332 e. The Labute approximate surface area is 183 Å². The average molecular weight is 437 g/mol. The van der Waals surface area contributed by atoms with Crippen molar-refractivity contribution in [1.29, 1.82) is 0 Å². The van der Waals surface area contributed by atoms with Gasteiger partial charge in [-0.2, -0.15) is 9.61 Å². The lowest BCUT2D eigenvalue weighted by atomic mass is 10.0. The van der Waals surface area contributed by atoms with Crippen LogP contribution in [0.4, 0.5) is 5.69 Å². The van der Waals surface area contributed by atoms with E-state index in [2.05, 4.69) is 39.8 Å². The molecular formula is C21H20N6OS2. The smallest absolute Gasteiger partial charge is 0.257 e. The SMILES string of the molecule is Cc1nnc2sc(-c3ccccc3NC(=S)NC(=O)c3ccc(C(C)C)cc3)nn12. The second-order valence-corrected chi connectivity index (χ2v) is 8.44. The molecule has 0 atom stereocenters. The third kappa shape index (κ3) is 4.07. The summed E-state index contributed by atoms with van der Waals surface area (Å²) < 4.78 is 1.71. The lowest BCUT2D eigenvalue weighted by Crippen LogP contribution is -2.34. The van der Waals surface area contributed by atoms with Crippen LogP contribution < -0.4 is 10.6 Å². The van der Waals surface area contributed by atoms with E-state index in [0.717, 1.165) is 27.0 Å². The Balaban J connectivity index is 1.50. The van der Waals surface area contributed by atoms with Gasteiger partial charge in [-0.1, -0.05) is 49.4 Å². The van der Waals surface area contributed by atoms with Gasteiger partial charge in [-0.15, -0.1) is 10.2 Å². The van der Waals surface area contributed by atoms with Gasteiger partial charge in [0.2, 0.25) is 4.96 Å². The van der Waals surface area contributed by atoms with Crippen LogP contribution in [0.2, 0.25) is 0 Å². The molecule has 2 aromatic carbocycles. The molecule has 7 nitrogen and oxygen atoms in total. The van der Waals surface area contributed by atoms with Crippen molar-refractivity contribution in [1.82, 2.24) is 25.1 Å². The average Bonchev–Trinajstić information content (AvgIpc) is 3.30. The summed E-state index contributed by atoms with van der Waals surface area (Å²) in [5, 5.41) is 19.6. The van der Waals surface area contributed by atoms with Crippen LogP contribution in [0.15, 0.2) is 48.5 Å². The molecule has 0 saturated carbocycles. The van der Waals surface area contributed by atoms with Crippen molar-refractivity contribution >= 4 is 45.2 Å². The number of carbonyl (C=O) groups is 1. The van der Waals surface area contributed by atoms with Crippen molar-refractivity contribution in [2.45, 2.75) is 26.7 Å². The zero-order valence-electron chi connectivity index (χ0n) is 16.7. The molecule has 4 aromatic rings. The van der Waals surface area contributed by atoms with E-state index in [0.29, 0.717) is 11.5 Å². The van der Waals surface area contributed by atoms with Crippen molar-refractivity contribution in [3.05, 3.63) is 65.5 Å². The van der Waals surface area contributed by atoms with Gasteiger partial charge in [0.05, 0.1) is 5.69 Å². The van der Waals surface area contributed by atoms with E-state index in [1.807, 2.05) is 55.5 Å². The van der Waals surface area contributed by atoms with E-state index in [4.69, 9.17) is 12.2 Å². The largest absolute Gasteiger partial charge is 0.332 e. The number of benzene rings is 2. The van der Waals surface area contributed by atoms with Gasteiger partial charge in [0, 0.05) is 11.1 Å². The highest BCUT2D eigenvalue weighted by molar-refractivity contribution is 7.80. The molecule has 4 rings (SSSR count). The maximum absolute atomic E-state index is 12.5. The Morgan fingerprint density at radius 1 is 1.10 bits per heavy atom. The summed E-state index contributed by atoms with van der Waals surface area (Å²) in [6.07, 6.45) is 0. The Morgan fingerprint density at radius 2 is 1.83 bits per heavy atom. The number of carbonyl (C=O) groups excluding carboxylic acids is 1. The molecule has 0 saturated heterocycles. The van der Waals surface area contributed by atoms with Gasteiger partial charge < -0.3 is 5.32 Å². The Hall–Kier alpha value is -3.17. The monoisotopic (exact) mass is 436 g/mol. The van der Waals surface area contributed by atoms with Crippen LogP contribution in [0.25, 0.3) is 15.5 Å². The number of nitrogens with one attached hydrogen (secondary N) is 2. The second kappa shape index (κ2) is 8.29. The zero-order valence-corrected chi connectivity index (χ0v) is 18.3. The van der Waals surface area contributed by atoms with E-state index in [-0.39, 0.29) is 11.0 Å². The van der Waals surface area contributed by atoms with Crippen LogP contribution in [0, 0.1) is 6.92 Å². The molecule has 0 fully saturated rings. The van der Waals surface area contributed by atoms with Gasteiger partial charge in [0.25, 0.3) is 5.91 Å². The van der Waals surface area contributed by atoms with Gasteiger partial charge in [-0.05, 0) is 54.9 Å². The van der Waals surface area contributed by atoms with E-state index < -0.39 is 0 Å². The predicted octanol–water partition coefficient (Wildman–Crippen LogP) is 4.41. The zero-order chi connectivity index (χ0) is 21.3. The quantitative estimate of drug-likeness (QED) is 0.461. The molecule has 2 N–H and O–H groups in total. The first-order chi connectivity index (χ1) is 14.4. The molecule has 0 aliphatic rings. The second-order valence-electron chi connectivity index (χ2n) is 7.08. The normalized spacial score (nSPS) is 11.1. The summed E-state index contributed by atoms with van der Waals surface area (Å²) in [4.78, 5) is 13.3. The summed E-state index contributed by atoms with van der Waals surface area (Å²) in [6.45, 7) is 6.08. The minimum absolute atomic E-state index is 0.222. The van der Waals surface area contributed by atoms with Gasteiger partial charge in [0.1, 0.15) is 5.01 Å². The number of fused-ring (bicyclic) bond motifs is 1. The molecule has 1 amide bonds. The number of para-hydroxylation sites is 1. The molecular weight excluding hydrogens is 416 g/mol. The van der Waals surface area contributed by atoms with E-state index in [9.17, 15) is 4.79 Å². The molecule has 152 valence electrons. The number of hydrogen-bond acceptors (Lipinski definition) is 6. The third-order valence-electron chi connectivity index (χ3n) is 4.62. The van der Waals surface area contributed by atoms with Gasteiger partial charge >= 0.3 is 0 Å². The van der Waals surface area contributed by atoms with Crippen LogP contribution in [0.5, 0.6) is 0 Å². The molecule has 0 radical (unpaired) electrons. The number of rotatable bonds is 4. The number of anilines is 1. The first-order valence-corrected chi connectivity index (χ1v) is 10.7. The molecule has 0 spiro atoms. The van der Waals surface area contributed by atoms with E-state index in [1.165, 1.54) is 16.9 Å². The summed E-state index contributed by atoms with van der Waals surface area (Å²) in [6, 6.07) is 15.2. The van der Waals surface area contributed by atoms with Gasteiger partial charge in [-0.3, -0.25) is 10.1 Å². The van der Waals surface area contributed by atoms with E-state index >= 15 is 0 Å². The summed E-state index contributed by atoms with van der Waals surface area (Å²) in [5.41, 5.74) is 3.35. The van der Waals surface area contributed by atoms with Crippen molar-refractivity contribution in [3.63, 3.8) is 0 Å². The molecule has 30 heavy (non-hydrogen) atoms. The molecule has 0 bridgehead atoms. The van der Waals surface area contributed by atoms with Crippen LogP contribution in [0.1, 0.15) is 41.5 Å². The highest BCUT2D eigenvalue weighted by Gasteiger charge is 2.15. The number of amides is 1. The summed E-state index contributed by atoms with van der Waals surface area (Å²) in [7, 11) is 0. The topological polar surface area (TPSA) is 84.2 Å². The fourth-order valence-corrected chi connectivity index (χ4v) is 4.08. The Bertz CT molecular complexity index is 1230. The lowest BCUT2D eigenvalue weighted by Gasteiger charge is -2.12. The highest BCUT2D eigenvalue weighted by Crippen LogP contribution is 2.31. The highest BCUT2D eigenvalue weighted by atomic mass is 32.1.